The fraction of sp³-hybridized carbons (Fsp3) is 0.227. The molecule has 0 bridgehead atoms. The molecule has 144 valence electrons. The second-order valence-corrected chi connectivity index (χ2v) is 6.93. The van der Waals surface area contributed by atoms with E-state index < -0.39 is 0 Å². The number of benzene rings is 2. The Morgan fingerprint density at radius 2 is 1.64 bits per heavy atom. The third kappa shape index (κ3) is 2.98. The van der Waals surface area contributed by atoms with Gasteiger partial charge in [-0.15, -0.1) is 17.0 Å². The molecule has 1 aromatic heterocycles. The Kier molecular flexibility index (Phi) is 5.52. The molecule has 28 heavy (non-hydrogen) atoms. The second kappa shape index (κ2) is 7.72. The first kappa shape index (κ1) is 20.0. The van der Waals surface area contributed by atoms with E-state index in [-0.39, 0.29) is 40.8 Å². The molecule has 0 radical (unpaired) electrons. The van der Waals surface area contributed by atoms with E-state index in [1.165, 1.54) is 4.90 Å². The summed E-state index contributed by atoms with van der Waals surface area (Å²) in [5.74, 6) is -0.520. The van der Waals surface area contributed by atoms with Gasteiger partial charge in [-0.25, -0.2) is 0 Å². The molecule has 0 saturated carbocycles. The highest BCUT2D eigenvalue weighted by molar-refractivity contribution is 8.93. The fourth-order valence-electron chi connectivity index (χ4n) is 4.12. The number of carbonyl (C=O) groups excluding carboxylic acids is 2. The van der Waals surface area contributed by atoms with Gasteiger partial charge < -0.3 is 5.73 Å². The number of hydrogen-bond donors (Lipinski definition) is 1. The van der Waals surface area contributed by atoms with Crippen LogP contribution in [0.3, 0.4) is 0 Å². The minimum absolute atomic E-state index is 0. The minimum Gasteiger partial charge on any atom is -0.398 e. The number of nitrogens with two attached hydrogens (primary N) is 1. The van der Waals surface area contributed by atoms with Gasteiger partial charge in [0.1, 0.15) is 0 Å². The Morgan fingerprint density at radius 3 is 2.25 bits per heavy atom. The Hall–Kier alpha value is -2.73. The largest absolute Gasteiger partial charge is 0.398 e. The van der Waals surface area contributed by atoms with Crippen molar-refractivity contribution >= 4 is 45.4 Å². The predicted octanol–water partition coefficient (Wildman–Crippen LogP) is 4.57. The van der Waals surface area contributed by atoms with Crippen LogP contribution >= 0.6 is 17.0 Å². The molecule has 2 N–H and O–H groups in total. The van der Waals surface area contributed by atoms with E-state index in [4.69, 9.17) is 5.73 Å². The lowest BCUT2D eigenvalue weighted by Gasteiger charge is -2.31. The summed E-state index contributed by atoms with van der Waals surface area (Å²) in [6.45, 7) is 4.04. The minimum atomic E-state index is -0.261. The Morgan fingerprint density at radius 1 is 1.00 bits per heavy atom. The molecule has 0 fully saturated rings. The first-order chi connectivity index (χ1) is 13.0. The molecule has 0 aliphatic carbocycles. The predicted molar refractivity (Wildman–Crippen MR) is 116 cm³/mol. The molecule has 2 aromatic carbocycles. The van der Waals surface area contributed by atoms with E-state index >= 15 is 0 Å². The maximum atomic E-state index is 12.9. The van der Waals surface area contributed by atoms with Crippen LogP contribution in [0.5, 0.6) is 0 Å². The molecule has 2 heterocycles. The van der Waals surface area contributed by atoms with Gasteiger partial charge in [0.2, 0.25) is 0 Å². The average Bonchev–Trinajstić information content (AvgIpc) is 2.94. The smallest absolute Gasteiger partial charge is 0.261 e. The molecule has 4 rings (SSSR count). The first-order valence-electron chi connectivity index (χ1n) is 9.14. The van der Waals surface area contributed by atoms with E-state index in [1.807, 2.05) is 32.0 Å². The van der Waals surface area contributed by atoms with Gasteiger partial charge in [-0.05, 0) is 36.2 Å². The van der Waals surface area contributed by atoms with Crippen LogP contribution in [0.15, 0.2) is 54.7 Å². The van der Waals surface area contributed by atoms with Crippen LogP contribution in [0, 0.1) is 0 Å². The summed E-state index contributed by atoms with van der Waals surface area (Å²) >= 11 is 0. The van der Waals surface area contributed by atoms with Gasteiger partial charge >= 0.3 is 0 Å². The van der Waals surface area contributed by atoms with Crippen LogP contribution in [-0.4, -0.2) is 27.7 Å². The number of amides is 2. The van der Waals surface area contributed by atoms with Gasteiger partial charge in [-0.3, -0.25) is 19.5 Å². The summed E-state index contributed by atoms with van der Waals surface area (Å²) in [4.78, 5) is 31.7. The maximum absolute atomic E-state index is 12.9. The summed E-state index contributed by atoms with van der Waals surface area (Å²) in [6.07, 6.45) is 2.34. The molecular formula is C22H22BrN3O2. The third-order valence-corrected chi connectivity index (χ3v) is 5.47. The average molecular weight is 440 g/mol. The Bertz CT molecular complexity index is 1030. The number of carbonyl (C=O) groups is 2. The Balaban J connectivity index is 0.00000225. The highest BCUT2D eigenvalue weighted by Gasteiger charge is 2.41. The third-order valence-electron chi connectivity index (χ3n) is 5.47. The summed E-state index contributed by atoms with van der Waals surface area (Å²) in [6, 6.07) is 14.4. The van der Waals surface area contributed by atoms with Crippen molar-refractivity contribution in [2.45, 2.75) is 32.2 Å². The van der Waals surface area contributed by atoms with Crippen LogP contribution in [-0.2, 0) is 0 Å². The zero-order chi connectivity index (χ0) is 19.1. The van der Waals surface area contributed by atoms with Crippen molar-refractivity contribution in [1.29, 1.82) is 0 Å². The number of aromatic nitrogens is 1. The fourth-order valence-corrected chi connectivity index (χ4v) is 4.12. The summed E-state index contributed by atoms with van der Waals surface area (Å²) in [5, 5.41) is 0.891. The van der Waals surface area contributed by atoms with Gasteiger partial charge in [0, 0.05) is 29.2 Å². The number of hydrogen-bond acceptors (Lipinski definition) is 4. The van der Waals surface area contributed by atoms with E-state index in [0.717, 1.165) is 16.5 Å². The van der Waals surface area contributed by atoms with Crippen molar-refractivity contribution in [3.63, 3.8) is 0 Å². The summed E-state index contributed by atoms with van der Waals surface area (Å²) in [5.41, 5.74) is 9.65. The van der Waals surface area contributed by atoms with Crippen LogP contribution in [0.2, 0.25) is 0 Å². The van der Waals surface area contributed by atoms with Gasteiger partial charge in [-0.2, -0.15) is 0 Å². The van der Waals surface area contributed by atoms with Gasteiger partial charge in [0.15, 0.2) is 0 Å². The van der Waals surface area contributed by atoms with Crippen molar-refractivity contribution in [2.75, 3.05) is 5.73 Å². The standard InChI is InChI=1S/C22H21N3O2.BrH/c1-3-19(25-21(26)15-7-4-5-8-16(15)22(25)27)13(2)14-9-6-10-18-20(14)17(23)11-12-24-18;/h4-13,19H,3H2,1-2H3,(H2,23,24);1H. The lowest BCUT2D eigenvalue weighted by atomic mass is 9.87. The number of rotatable bonds is 4. The lowest BCUT2D eigenvalue weighted by Crippen LogP contribution is -2.42. The molecule has 1 aliphatic heterocycles. The molecule has 6 heteroatoms. The molecule has 1 aliphatic rings. The lowest BCUT2D eigenvalue weighted by molar-refractivity contribution is 0.0559. The molecule has 0 spiro atoms. The number of nitrogen functional groups attached to an aromatic ring is 1. The van der Waals surface area contributed by atoms with Crippen LogP contribution in [0.4, 0.5) is 5.69 Å². The van der Waals surface area contributed by atoms with Crippen molar-refractivity contribution in [3.05, 3.63) is 71.4 Å². The molecule has 5 nitrogen and oxygen atoms in total. The van der Waals surface area contributed by atoms with Crippen molar-refractivity contribution < 1.29 is 9.59 Å². The van der Waals surface area contributed by atoms with E-state index in [2.05, 4.69) is 4.98 Å². The van der Waals surface area contributed by atoms with E-state index in [0.29, 0.717) is 23.2 Å². The van der Waals surface area contributed by atoms with Crippen LogP contribution in [0.25, 0.3) is 10.9 Å². The first-order valence-corrected chi connectivity index (χ1v) is 9.14. The van der Waals surface area contributed by atoms with Gasteiger partial charge in [0.05, 0.1) is 16.6 Å². The molecule has 0 saturated heterocycles. The van der Waals surface area contributed by atoms with Crippen LogP contribution in [0.1, 0.15) is 52.5 Å². The number of anilines is 1. The molecular weight excluding hydrogens is 418 g/mol. The second-order valence-electron chi connectivity index (χ2n) is 6.93. The highest BCUT2D eigenvalue weighted by atomic mass is 79.9. The van der Waals surface area contributed by atoms with Crippen molar-refractivity contribution in [2.24, 2.45) is 0 Å². The van der Waals surface area contributed by atoms with Crippen LogP contribution < -0.4 is 5.73 Å². The quantitative estimate of drug-likeness (QED) is 0.603. The number of halogens is 1. The summed E-state index contributed by atoms with van der Waals surface area (Å²) < 4.78 is 0. The number of pyridine rings is 1. The molecule has 2 amide bonds. The van der Waals surface area contributed by atoms with E-state index in [1.54, 1.807) is 36.5 Å². The number of fused-ring (bicyclic) bond motifs is 2. The van der Waals surface area contributed by atoms with Crippen molar-refractivity contribution in [1.82, 2.24) is 9.88 Å². The molecule has 2 unspecified atom stereocenters. The van der Waals surface area contributed by atoms with Crippen molar-refractivity contribution in [3.8, 4) is 0 Å². The summed E-state index contributed by atoms with van der Waals surface area (Å²) in [7, 11) is 0. The monoisotopic (exact) mass is 439 g/mol. The number of imide groups is 1. The van der Waals surface area contributed by atoms with Gasteiger partial charge in [-0.1, -0.05) is 38.1 Å². The van der Waals surface area contributed by atoms with Gasteiger partial charge in [0.25, 0.3) is 11.8 Å². The maximum Gasteiger partial charge on any atom is 0.261 e. The zero-order valence-electron chi connectivity index (χ0n) is 15.8. The highest BCUT2D eigenvalue weighted by Crippen LogP contribution is 2.36. The molecule has 2 atom stereocenters. The normalized spacial score (nSPS) is 15.3. The SMILES string of the molecule is Br.CCC(C(C)c1cccc2nccc(N)c12)N1C(=O)c2ccccc2C1=O. The van der Waals surface area contributed by atoms with E-state index in [9.17, 15) is 9.59 Å². The topological polar surface area (TPSA) is 76.3 Å². The Labute approximate surface area is 174 Å². The zero-order valence-corrected chi connectivity index (χ0v) is 17.5. The molecule has 3 aromatic rings. The number of nitrogens with zero attached hydrogens (tertiary/aromatic N) is 2.